The van der Waals surface area contributed by atoms with Gasteiger partial charge in [-0.2, -0.15) is 0 Å². The molecule has 0 spiro atoms. The molecule has 0 aliphatic heterocycles. The van der Waals surface area contributed by atoms with Crippen molar-refractivity contribution < 1.29 is 4.39 Å². The molecule has 1 fully saturated rings. The molecule has 1 aliphatic rings. The van der Waals surface area contributed by atoms with Crippen molar-refractivity contribution in [2.24, 2.45) is 5.41 Å². The average Bonchev–Trinajstić information content (AvgIpc) is 2.72. The van der Waals surface area contributed by atoms with Gasteiger partial charge in [-0.05, 0) is 61.8 Å². The Bertz CT molecular complexity index is 435. The molecule has 1 aliphatic carbocycles. The van der Waals surface area contributed by atoms with Crippen LogP contribution in [0.15, 0.2) is 18.2 Å². The smallest absolute Gasteiger partial charge is 0.124 e. The molecule has 2 unspecified atom stereocenters. The highest BCUT2D eigenvalue weighted by atomic mass is 35.5. The van der Waals surface area contributed by atoms with Gasteiger partial charge in [0.05, 0.1) is 0 Å². The van der Waals surface area contributed by atoms with E-state index in [0.717, 1.165) is 18.5 Å². The molecule has 1 nitrogen and oxygen atoms in total. The van der Waals surface area contributed by atoms with Gasteiger partial charge in [-0.1, -0.05) is 31.5 Å². The number of benzene rings is 1. The first kappa shape index (κ1) is 14.8. The van der Waals surface area contributed by atoms with Crippen LogP contribution < -0.4 is 5.32 Å². The molecule has 0 aromatic heterocycles. The van der Waals surface area contributed by atoms with Crippen molar-refractivity contribution in [2.75, 3.05) is 6.54 Å². The Kier molecular flexibility index (Phi) is 4.86. The Hall–Kier alpha value is -0.600. The lowest BCUT2D eigenvalue weighted by atomic mass is 9.82. The van der Waals surface area contributed by atoms with Gasteiger partial charge in [0.1, 0.15) is 5.82 Å². The third-order valence-electron chi connectivity index (χ3n) is 4.15. The Morgan fingerprint density at radius 2 is 2.26 bits per heavy atom. The van der Waals surface area contributed by atoms with Crippen LogP contribution in [0.25, 0.3) is 0 Å². The van der Waals surface area contributed by atoms with Crippen molar-refractivity contribution in [3.8, 4) is 0 Å². The van der Waals surface area contributed by atoms with Crippen LogP contribution in [0, 0.1) is 11.2 Å². The Morgan fingerprint density at radius 3 is 2.95 bits per heavy atom. The Balaban J connectivity index is 1.98. The third kappa shape index (κ3) is 3.93. The highest BCUT2D eigenvalue weighted by molar-refractivity contribution is 6.31. The minimum absolute atomic E-state index is 0.257. The van der Waals surface area contributed by atoms with Crippen LogP contribution in [0.1, 0.15) is 45.1 Å². The molecule has 1 aromatic rings. The van der Waals surface area contributed by atoms with Gasteiger partial charge in [0.15, 0.2) is 0 Å². The molecule has 1 aromatic carbocycles. The maximum Gasteiger partial charge on any atom is 0.124 e. The van der Waals surface area contributed by atoms with Gasteiger partial charge < -0.3 is 5.32 Å². The van der Waals surface area contributed by atoms with Crippen molar-refractivity contribution >= 4 is 11.6 Å². The second-order valence-electron chi connectivity index (χ2n) is 6.12. The van der Waals surface area contributed by atoms with Crippen LogP contribution in [0.3, 0.4) is 0 Å². The van der Waals surface area contributed by atoms with E-state index in [9.17, 15) is 4.39 Å². The number of halogens is 2. The first-order valence-electron chi connectivity index (χ1n) is 7.20. The van der Waals surface area contributed by atoms with Gasteiger partial charge in [0.25, 0.3) is 0 Å². The highest BCUT2D eigenvalue weighted by Crippen LogP contribution is 2.41. The molecule has 0 radical (unpaired) electrons. The second kappa shape index (κ2) is 6.23. The molecular weight excluding hydrogens is 261 g/mol. The topological polar surface area (TPSA) is 12.0 Å². The van der Waals surface area contributed by atoms with Gasteiger partial charge in [-0.3, -0.25) is 0 Å². The van der Waals surface area contributed by atoms with E-state index in [-0.39, 0.29) is 11.2 Å². The fourth-order valence-electron chi connectivity index (χ4n) is 3.13. The summed E-state index contributed by atoms with van der Waals surface area (Å²) in [6.45, 7) is 5.61. The van der Waals surface area contributed by atoms with Crippen molar-refractivity contribution in [1.29, 1.82) is 0 Å². The van der Waals surface area contributed by atoms with Crippen LogP contribution >= 0.6 is 11.6 Å². The molecule has 1 saturated carbocycles. The average molecular weight is 284 g/mol. The van der Waals surface area contributed by atoms with Gasteiger partial charge >= 0.3 is 0 Å². The molecule has 3 heteroatoms. The zero-order valence-corrected chi connectivity index (χ0v) is 12.6. The Morgan fingerprint density at radius 1 is 1.47 bits per heavy atom. The van der Waals surface area contributed by atoms with Crippen LogP contribution in [-0.2, 0) is 6.42 Å². The summed E-state index contributed by atoms with van der Waals surface area (Å²) < 4.78 is 13.1. The maximum atomic E-state index is 13.1. The van der Waals surface area contributed by atoms with E-state index in [1.54, 1.807) is 0 Å². The summed E-state index contributed by atoms with van der Waals surface area (Å²) in [6.07, 6.45) is 5.74. The molecule has 0 bridgehead atoms. The summed E-state index contributed by atoms with van der Waals surface area (Å²) in [5, 5.41) is 4.16. The molecule has 0 saturated heterocycles. The first-order chi connectivity index (χ1) is 9.02. The summed E-state index contributed by atoms with van der Waals surface area (Å²) in [7, 11) is 0. The normalized spacial score (nSPS) is 26.8. The standard InChI is InChI=1S/C16H23ClFN/c1-3-8-19-14-6-7-16(2,11-14)10-12-4-5-13(18)9-15(12)17/h4-5,9,14,19H,3,6-8,10-11H2,1-2H3. The SMILES string of the molecule is CCCNC1CCC(C)(Cc2ccc(F)cc2Cl)C1. The lowest BCUT2D eigenvalue weighted by molar-refractivity contribution is 0.322. The lowest BCUT2D eigenvalue weighted by Gasteiger charge is -2.25. The molecule has 2 atom stereocenters. The van der Waals surface area contributed by atoms with Gasteiger partial charge in [-0.25, -0.2) is 4.39 Å². The van der Waals surface area contributed by atoms with Gasteiger partial charge in [0.2, 0.25) is 0 Å². The molecule has 0 heterocycles. The number of nitrogens with one attached hydrogen (secondary N) is 1. The van der Waals surface area contributed by atoms with Crippen molar-refractivity contribution in [1.82, 2.24) is 5.32 Å². The molecule has 0 amide bonds. The molecule has 2 rings (SSSR count). The van der Waals surface area contributed by atoms with Crippen molar-refractivity contribution in [3.63, 3.8) is 0 Å². The van der Waals surface area contributed by atoms with E-state index in [2.05, 4.69) is 19.2 Å². The summed E-state index contributed by atoms with van der Waals surface area (Å²) in [5.41, 5.74) is 1.36. The predicted octanol–water partition coefficient (Wildman–Crippen LogP) is 4.58. The third-order valence-corrected chi connectivity index (χ3v) is 4.50. The summed E-state index contributed by atoms with van der Waals surface area (Å²) >= 11 is 6.13. The second-order valence-corrected chi connectivity index (χ2v) is 6.52. The first-order valence-corrected chi connectivity index (χ1v) is 7.57. The molecule has 1 N–H and O–H groups in total. The maximum absolute atomic E-state index is 13.1. The van der Waals surface area contributed by atoms with Crippen molar-refractivity contribution in [3.05, 3.63) is 34.6 Å². The van der Waals surface area contributed by atoms with Crippen molar-refractivity contribution in [2.45, 2.75) is 52.0 Å². The lowest BCUT2D eigenvalue weighted by Crippen LogP contribution is -2.29. The highest BCUT2D eigenvalue weighted by Gasteiger charge is 2.35. The van der Waals surface area contributed by atoms with Crippen LogP contribution in [-0.4, -0.2) is 12.6 Å². The van der Waals surface area contributed by atoms with E-state index < -0.39 is 0 Å². The minimum Gasteiger partial charge on any atom is -0.314 e. The van der Waals surface area contributed by atoms with Gasteiger partial charge in [-0.15, -0.1) is 0 Å². The fourth-order valence-corrected chi connectivity index (χ4v) is 3.36. The van der Waals surface area contributed by atoms with E-state index in [4.69, 9.17) is 11.6 Å². The Labute approximate surface area is 120 Å². The number of rotatable bonds is 5. The number of hydrogen-bond donors (Lipinski definition) is 1. The quantitative estimate of drug-likeness (QED) is 0.834. The summed E-state index contributed by atoms with van der Waals surface area (Å²) in [6, 6.07) is 5.38. The summed E-state index contributed by atoms with van der Waals surface area (Å²) in [4.78, 5) is 0. The molecular formula is C16H23ClFN. The van der Waals surface area contributed by atoms with Crippen LogP contribution in [0.4, 0.5) is 4.39 Å². The largest absolute Gasteiger partial charge is 0.314 e. The monoisotopic (exact) mass is 283 g/mol. The zero-order valence-electron chi connectivity index (χ0n) is 11.8. The fraction of sp³-hybridized carbons (Fsp3) is 0.625. The number of hydrogen-bond acceptors (Lipinski definition) is 1. The van der Waals surface area contributed by atoms with Crippen LogP contribution in [0.2, 0.25) is 5.02 Å². The van der Waals surface area contributed by atoms with E-state index in [1.165, 1.54) is 37.8 Å². The van der Waals surface area contributed by atoms with E-state index in [0.29, 0.717) is 11.1 Å². The van der Waals surface area contributed by atoms with Crippen LogP contribution in [0.5, 0.6) is 0 Å². The van der Waals surface area contributed by atoms with Gasteiger partial charge in [0, 0.05) is 11.1 Å². The molecule has 19 heavy (non-hydrogen) atoms. The van der Waals surface area contributed by atoms with E-state index >= 15 is 0 Å². The van der Waals surface area contributed by atoms with E-state index in [1.807, 2.05) is 6.07 Å². The molecule has 106 valence electrons. The summed E-state index contributed by atoms with van der Waals surface area (Å²) in [5.74, 6) is -0.257. The minimum atomic E-state index is -0.257. The predicted molar refractivity (Wildman–Crippen MR) is 79.2 cm³/mol. The zero-order chi connectivity index (χ0) is 13.9.